The smallest absolute Gasteiger partial charge is 0.433 e. The first-order valence-corrected chi connectivity index (χ1v) is 11.3. The van der Waals surface area contributed by atoms with Gasteiger partial charge in [0.2, 0.25) is 0 Å². The van der Waals surface area contributed by atoms with Crippen LogP contribution in [0.15, 0.2) is 72.8 Å². The molecule has 4 rings (SSSR count). The number of halogens is 7. The predicted molar refractivity (Wildman–Crippen MR) is 129 cm³/mol. The fourth-order valence-electron chi connectivity index (χ4n) is 3.88. The molecule has 1 amide bonds. The summed E-state index contributed by atoms with van der Waals surface area (Å²) < 4.78 is 81.2. The predicted octanol–water partition coefficient (Wildman–Crippen LogP) is 7.33. The van der Waals surface area contributed by atoms with Crippen LogP contribution in [0.2, 0.25) is 5.02 Å². The van der Waals surface area contributed by atoms with E-state index < -0.39 is 40.8 Å². The lowest BCUT2D eigenvalue weighted by Gasteiger charge is -2.25. The number of phenols is 1. The Hall–Kier alpha value is -3.99. The summed E-state index contributed by atoms with van der Waals surface area (Å²) in [6.45, 7) is -0.192. The van der Waals surface area contributed by atoms with Crippen LogP contribution in [0.3, 0.4) is 0 Å². The molecule has 0 saturated carbocycles. The minimum absolute atomic E-state index is 0.00940. The second-order valence-electron chi connectivity index (χ2n) is 8.30. The van der Waals surface area contributed by atoms with E-state index in [0.29, 0.717) is 15.3 Å². The third kappa shape index (κ3) is 5.62. The zero-order valence-corrected chi connectivity index (χ0v) is 20.2. The van der Waals surface area contributed by atoms with Gasteiger partial charge in [-0.15, -0.1) is 0 Å². The molecule has 4 aromatic rings. The van der Waals surface area contributed by atoms with Gasteiger partial charge in [-0.25, -0.2) is 0 Å². The van der Waals surface area contributed by atoms with Crippen LogP contribution < -0.4 is 4.90 Å². The van der Waals surface area contributed by atoms with Crippen LogP contribution in [-0.4, -0.2) is 20.8 Å². The molecule has 1 N–H and O–H groups in total. The zero-order valence-electron chi connectivity index (χ0n) is 19.5. The topological polar surface area (TPSA) is 58.4 Å². The standard InChI is InChI=1S/C26H18ClF6N3O2/c1-35-23(26(31,32)33)13-21(34-35)19-11-10-17(12-22(19)37)36(14-15-6-8-16(27)9-7-15)24(38)18-4-2-3-5-20(18)25(28,29)30/h2-13,37H,14H2,1H3. The van der Waals surface area contributed by atoms with Crippen molar-refractivity contribution in [1.29, 1.82) is 0 Å². The Morgan fingerprint density at radius 1 is 0.947 bits per heavy atom. The normalized spacial score (nSPS) is 12.0. The van der Waals surface area contributed by atoms with Crippen LogP contribution in [0.4, 0.5) is 32.0 Å². The second-order valence-corrected chi connectivity index (χ2v) is 8.74. The van der Waals surface area contributed by atoms with Gasteiger partial charge in [-0.1, -0.05) is 35.9 Å². The molecule has 0 bridgehead atoms. The van der Waals surface area contributed by atoms with Gasteiger partial charge < -0.3 is 10.0 Å². The summed E-state index contributed by atoms with van der Waals surface area (Å²) in [6.07, 6.45) is -9.48. The number of aromatic nitrogens is 2. The second kappa shape index (κ2) is 10.1. The van der Waals surface area contributed by atoms with Crippen molar-refractivity contribution in [3.8, 4) is 17.0 Å². The molecule has 198 valence electrons. The molecular weight excluding hydrogens is 536 g/mol. The maximum atomic E-state index is 13.7. The molecular formula is C26H18ClF6N3O2. The lowest BCUT2D eigenvalue weighted by molar-refractivity contribution is -0.143. The summed E-state index contributed by atoms with van der Waals surface area (Å²) in [5, 5.41) is 14.9. The number of aromatic hydroxyl groups is 1. The molecule has 0 aliphatic heterocycles. The average Bonchev–Trinajstić information content (AvgIpc) is 3.24. The van der Waals surface area contributed by atoms with Crippen molar-refractivity contribution in [3.05, 3.63) is 100 Å². The van der Waals surface area contributed by atoms with Crippen LogP contribution in [0.5, 0.6) is 5.75 Å². The minimum Gasteiger partial charge on any atom is -0.507 e. The van der Waals surface area contributed by atoms with Crippen molar-refractivity contribution in [1.82, 2.24) is 9.78 Å². The number of aryl methyl sites for hydroxylation is 1. The van der Waals surface area contributed by atoms with Gasteiger partial charge in [-0.05, 0) is 48.0 Å². The van der Waals surface area contributed by atoms with Crippen molar-refractivity contribution >= 4 is 23.2 Å². The number of carbonyl (C=O) groups is 1. The van der Waals surface area contributed by atoms with Crippen molar-refractivity contribution in [3.63, 3.8) is 0 Å². The fourth-order valence-corrected chi connectivity index (χ4v) is 4.01. The van der Waals surface area contributed by atoms with E-state index in [4.69, 9.17) is 11.6 Å². The molecule has 0 saturated heterocycles. The highest BCUT2D eigenvalue weighted by molar-refractivity contribution is 6.30. The van der Waals surface area contributed by atoms with Gasteiger partial charge in [0.1, 0.15) is 11.4 Å². The Kier molecular flexibility index (Phi) is 7.16. The van der Waals surface area contributed by atoms with Crippen molar-refractivity contribution in [2.45, 2.75) is 18.9 Å². The Balaban J connectivity index is 1.78. The Morgan fingerprint density at radius 3 is 2.18 bits per heavy atom. The summed E-state index contributed by atoms with van der Waals surface area (Å²) in [5.74, 6) is -1.52. The number of hydrogen-bond donors (Lipinski definition) is 1. The average molecular weight is 554 g/mol. The Morgan fingerprint density at radius 2 is 1.61 bits per heavy atom. The van der Waals surface area contributed by atoms with Crippen LogP contribution in [0.1, 0.15) is 27.2 Å². The first-order valence-electron chi connectivity index (χ1n) is 10.9. The largest absolute Gasteiger partial charge is 0.507 e. The monoisotopic (exact) mass is 553 g/mol. The lowest BCUT2D eigenvalue weighted by Crippen LogP contribution is -2.32. The summed E-state index contributed by atoms with van der Waals surface area (Å²) >= 11 is 5.92. The zero-order chi connectivity index (χ0) is 27.8. The van der Waals surface area contributed by atoms with Crippen molar-refractivity contribution < 1.29 is 36.2 Å². The SMILES string of the molecule is Cn1nc(-c2ccc(N(Cc3ccc(Cl)cc3)C(=O)c3ccccc3C(F)(F)F)cc2O)cc1C(F)(F)F. The molecule has 38 heavy (non-hydrogen) atoms. The maximum Gasteiger partial charge on any atom is 0.433 e. The molecule has 0 unspecified atom stereocenters. The molecule has 3 aromatic carbocycles. The molecule has 0 radical (unpaired) electrons. The van der Waals surface area contributed by atoms with Crippen LogP contribution in [-0.2, 0) is 25.9 Å². The number of hydrogen-bond acceptors (Lipinski definition) is 3. The van der Waals surface area contributed by atoms with Gasteiger partial charge in [0.25, 0.3) is 5.91 Å². The molecule has 0 aliphatic rings. The van der Waals surface area contributed by atoms with Crippen LogP contribution >= 0.6 is 11.6 Å². The molecule has 1 heterocycles. The Bertz CT molecular complexity index is 1480. The fraction of sp³-hybridized carbons (Fsp3) is 0.154. The van der Waals surface area contributed by atoms with Gasteiger partial charge >= 0.3 is 12.4 Å². The molecule has 0 spiro atoms. The van der Waals surface area contributed by atoms with E-state index in [9.17, 15) is 36.2 Å². The lowest BCUT2D eigenvalue weighted by atomic mass is 10.0. The number of anilines is 1. The van der Waals surface area contributed by atoms with Gasteiger partial charge in [0.15, 0.2) is 0 Å². The van der Waals surface area contributed by atoms with E-state index in [0.717, 1.165) is 42.3 Å². The maximum absolute atomic E-state index is 13.7. The number of amides is 1. The van der Waals surface area contributed by atoms with Crippen LogP contribution in [0, 0.1) is 0 Å². The summed E-state index contributed by atoms with van der Waals surface area (Å²) in [4.78, 5) is 14.5. The minimum atomic E-state index is -4.81. The summed E-state index contributed by atoms with van der Waals surface area (Å²) in [7, 11) is 1.10. The van der Waals surface area contributed by atoms with Crippen LogP contribution in [0.25, 0.3) is 11.3 Å². The molecule has 5 nitrogen and oxygen atoms in total. The first kappa shape index (κ1) is 27.1. The number of alkyl halides is 6. The van der Waals surface area contributed by atoms with E-state index in [2.05, 4.69) is 5.10 Å². The highest BCUT2D eigenvalue weighted by Crippen LogP contribution is 2.38. The van der Waals surface area contributed by atoms with Gasteiger partial charge in [0.05, 0.1) is 23.4 Å². The quantitative estimate of drug-likeness (QED) is 0.263. The van der Waals surface area contributed by atoms with E-state index in [1.165, 1.54) is 18.2 Å². The van der Waals surface area contributed by atoms with Crippen molar-refractivity contribution in [2.75, 3.05) is 4.90 Å². The number of benzene rings is 3. The summed E-state index contributed by atoms with van der Waals surface area (Å²) in [5.41, 5.74) is -2.50. The summed E-state index contributed by atoms with van der Waals surface area (Å²) in [6, 6.07) is 14.9. The van der Waals surface area contributed by atoms with Gasteiger partial charge in [-0.3, -0.25) is 9.48 Å². The molecule has 1 aromatic heterocycles. The molecule has 12 heteroatoms. The van der Waals surface area contributed by atoms with E-state index in [-0.39, 0.29) is 23.5 Å². The van der Waals surface area contributed by atoms with E-state index >= 15 is 0 Å². The van der Waals surface area contributed by atoms with Gasteiger partial charge in [0, 0.05) is 29.4 Å². The number of phenolic OH excluding ortho intramolecular Hbond substituents is 1. The Labute approximate surface area is 217 Å². The highest BCUT2D eigenvalue weighted by Gasteiger charge is 2.37. The highest BCUT2D eigenvalue weighted by atomic mass is 35.5. The van der Waals surface area contributed by atoms with Crippen molar-refractivity contribution in [2.24, 2.45) is 7.05 Å². The number of nitrogens with zero attached hydrogens (tertiary/aromatic N) is 3. The number of carbonyl (C=O) groups excluding carboxylic acids is 1. The third-order valence-corrected chi connectivity index (χ3v) is 5.95. The van der Waals surface area contributed by atoms with Gasteiger partial charge in [-0.2, -0.15) is 31.4 Å². The molecule has 0 fully saturated rings. The number of rotatable bonds is 5. The van der Waals surface area contributed by atoms with E-state index in [1.54, 1.807) is 24.3 Å². The molecule has 0 aliphatic carbocycles. The molecule has 0 atom stereocenters. The van der Waals surface area contributed by atoms with E-state index in [1.807, 2.05) is 0 Å². The third-order valence-electron chi connectivity index (χ3n) is 5.70. The first-order chi connectivity index (χ1) is 17.8.